The fourth-order valence-corrected chi connectivity index (χ4v) is 2.12. The molecule has 0 bridgehead atoms. The van der Waals surface area contributed by atoms with E-state index in [4.69, 9.17) is 9.47 Å². The zero-order valence-corrected chi connectivity index (χ0v) is 9.12. The Balaban J connectivity index is 2.36. The summed E-state index contributed by atoms with van der Waals surface area (Å²) in [5.41, 5.74) is 0. The predicted octanol–water partition coefficient (Wildman–Crippen LogP) is 2.14. The predicted molar refractivity (Wildman–Crippen MR) is 54.0 cm³/mol. The molecule has 1 fully saturated rings. The molecule has 0 saturated heterocycles. The zero-order valence-electron chi connectivity index (χ0n) is 9.12. The summed E-state index contributed by atoms with van der Waals surface area (Å²) >= 11 is 0. The SMILES string of the molecule is CCC1CCCCC1OC(=O)COC. The Morgan fingerprint density at radius 3 is 2.71 bits per heavy atom. The number of carbonyl (C=O) groups is 1. The van der Waals surface area contributed by atoms with Crippen LogP contribution >= 0.6 is 0 Å². The van der Waals surface area contributed by atoms with Gasteiger partial charge in [0.15, 0.2) is 0 Å². The molecule has 0 N–H and O–H groups in total. The Bertz CT molecular complexity index is 179. The van der Waals surface area contributed by atoms with Crippen LogP contribution in [-0.2, 0) is 14.3 Å². The lowest BCUT2D eigenvalue weighted by molar-refractivity contribution is -0.158. The third kappa shape index (κ3) is 3.29. The van der Waals surface area contributed by atoms with Crippen molar-refractivity contribution in [1.29, 1.82) is 0 Å². The molecule has 3 nitrogen and oxygen atoms in total. The quantitative estimate of drug-likeness (QED) is 0.652. The lowest BCUT2D eigenvalue weighted by atomic mass is 9.85. The van der Waals surface area contributed by atoms with E-state index in [0.717, 1.165) is 12.8 Å². The van der Waals surface area contributed by atoms with E-state index in [1.807, 2.05) is 0 Å². The minimum absolute atomic E-state index is 0.0763. The lowest BCUT2D eigenvalue weighted by Crippen LogP contribution is -2.30. The van der Waals surface area contributed by atoms with Crippen LogP contribution < -0.4 is 0 Å². The molecule has 0 aromatic carbocycles. The largest absolute Gasteiger partial charge is 0.460 e. The van der Waals surface area contributed by atoms with Crippen molar-refractivity contribution in [3.63, 3.8) is 0 Å². The lowest BCUT2D eigenvalue weighted by Gasteiger charge is -2.30. The van der Waals surface area contributed by atoms with Gasteiger partial charge in [-0.2, -0.15) is 0 Å². The molecule has 0 heterocycles. The normalized spacial score (nSPS) is 27.3. The van der Waals surface area contributed by atoms with Gasteiger partial charge in [0.2, 0.25) is 0 Å². The summed E-state index contributed by atoms with van der Waals surface area (Å²) in [6.45, 7) is 2.24. The van der Waals surface area contributed by atoms with Crippen LogP contribution in [0.2, 0.25) is 0 Å². The smallest absolute Gasteiger partial charge is 0.332 e. The van der Waals surface area contributed by atoms with E-state index >= 15 is 0 Å². The maximum atomic E-state index is 11.2. The van der Waals surface area contributed by atoms with E-state index in [-0.39, 0.29) is 18.7 Å². The maximum absolute atomic E-state index is 11.2. The molecule has 1 saturated carbocycles. The van der Waals surface area contributed by atoms with Crippen LogP contribution in [0.15, 0.2) is 0 Å². The van der Waals surface area contributed by atoms with Crippen molar-refractivity contribution in [1.82, 2.24) is 0 Å². The Morgan fingerprint density at radius 1 is 1.36 bits per heavy atom. The average molecular weight is 200 g/mol. The zero-order chi connectivity index (χ0) is 10.4. The first-order valence-electron chi connectivity index (χ1n) is 5.46. The summed E-state index contributed by atoms with van der Waals surface area (Å²) < 4.78 is 10.1. The summed E-state index contributed by atoms with van der Waals surface area (Å²) in [5.74, 6) is 0.336. The van der Waals surface area contributed by atoms with Crippen LogP contribution in [0.5, 0.6) is 0 Å². The summed E-state index contributed by atoms with van der Waals surface area (Å²) in [7, 11) is 1.51. The third-order valence-electron chi connectivity index (χ3n) is 2.91. The van der Waals surface area contributed by atoms with Crippen molar-refractivity contribution in [2.45, 2.75) is 45.1 Å². The van der Waals surface area contributed by atoms with E-state index in [2.05, 4.69) is 6.92 Å². The Kier molecular flexibility index (Phi) is 4.94. The Labute approximate surface area is 85.8 Å². The van der Waals surface area contributed by atoms with Crippen LogP contribution in [0, 0.1) is 5.92 Å². The molecule has 2 unspecified atom stereocenters. The summed E-state index contributed by atoms with van der Waals surface area (Å²) in [4.78, 5) is 11.2. The molecule has 1 rings (SSSR count). The van der Waals surface area contributed by atoms with Gasteiger partial charge in [-0.1, -0.05) is 13.3 Å². The highest BCUT2D eigenvalue weighted by molar-refractivity contribution is 5.70. The topological polar surface area (TPSA) is 35.5 Å². The summed E-state index contributed by atoms with van der Waals surface area (Å²) in [5, 5.41) is 0. The van der Waals surface area contributed by atoms with Gasteiger partial charge in [-0.05, 0) is 31.6 Å². The second-order valence-corrected chi connectivity index (χ2v) is 3.91. The Hall–Kier alpha value is -0.570. The van der Waals surface area contributed by atoms with Crippen LogP contribution in [0.3, 0.4) is 0 Å². The number of rotatable bonds is 4. The molecule has 0 aliphatic heterocycles. The molecule has 1 aliphatic carbocycles. The minimum atomic E-state index is -0.224. The molecule has 1 aliphatic rings. The van der Waals surface area contributed by atoms with E-state index in [9.17, 15) is 4.79 Å². The first-order chi connectivity index (χ1) is 6.77. The second kappa shape index (κ2) is 6.02. The summed E-state index contributed by atoms with van der Waals surface area (Å²) in [6, 6.07) is 0. The number of hydrogen-bond donors (Lipinski definition) is 0. The van der Waals surface area contributed by atoms with E-state index in [1.165, 1.54) is 26.4 Å². The number of carbonyl (C=O) groups excluding carboxylic acids is 1. The monoisotopic (exact) mass is 200 g/mol. The third-order valence-corrected chi connectivity index (χ3v) is 2.91. The number of esters is 1. The average Bonchev–Trinajstić information content (AvgIpc) is 2.19. The highest BCUT2D eigenvalue weighted by Gasteiger charge is 2.26. The van der Waals surface area contributed by atoms with Crippen LogP contribution in [0.4, 0.5) is 0 Å². The van der Waals surface area contributed by atoms with Crippen molar-refractivity contribution in [3.8, 4) is 0 Å². The van der Waals surface area contributed by atoms with Crippen molar-refractivity contribution >= 4 is 5.97 Å². The molecule has 0 radical (unpaired) electrons. The van der Waals surface area contributed by atoms with Crippen LogP contribution in [-0.4, -0.2) is 25.8 Å². The molecule has 0 amide bonds. The molecule has 0 aromatic rings. The number of hydrogen-bond acceptors (Lipinski definition) is 3. The molecule has 0 spiro atoms. The van der Waals surface area contributed by atoms with Gasteiger partial charge in [0.1, 0.15) is 12.7 Å². The first-order valence-corrected chi connectivity index (χ1v) is 5.46. The number of ether oxygens (including phenoxy) is 2. The fraction of sp³-hybridized carbons (Fsp3) is 0.909. The standard InChI is InChI=1S/C11H20O3/c1-3-9-6-4-5-7-10(9)14-11(12)8-13-2/h9-10H,3-8H2,1-2H3. The minimum Gasteiger partial charge on any atom is -0.460 e. The van der Waals surface area contributed by atoms with Crippen molar-refractivity contribution < 1.29 is 14.3 Å². The Morgan fingerprint density at radius 2 is 2.07 bits per heavy atom. The van der Waals surface area contributed by atoms with Gasteiger partial charge in [-0.3, -0.25) is 0 Å². The fourth-order valence-electron chi connectivity index (χ4n) is 2.12. The highest BCUT2D eigenvalue weighted by atomic mass is 16.6. The van der Waals surface area contributed by atoms with Crippen molar-refractivity contribution in [2.24, 2.45) is 5.92 Å². The molecular formula is C11H20O3. The van der Waals surface area contributed by atoms with Crippen molar-refractivity contribution in [3.05, 3.63) is 0 Å². The number of methoxy groups -OCH3 is 1. The van der Waals surface area contributed by atoms with Gasteiger partial charge in [0.25, 0.3) is 0 Å². The van der Waals surface area contributed by atoms with E-state index in [0.29, 0.717) is 5.92 Å². The molecule has 2 atom stereocenters. The van der Waals surface area contributed by atoms with Gasteiger partial charge in [0.05, 0.1) is 0 Å². The summed E-state index contributed by atoms with van der Waals surface area (Å²) in [6.07, 6.45) is 5.91. The molecule has 0 aromatic heterocycles. The van der Waals surface area contributed by atoms with Crippen LogP contribution in [0.1, 0.15) is 39.0 Å². The van der Waals surface area contributed by atoms with Gasteiger partial charge in [0, 0.05) is 7.11 Å². The van der Waals surface area contributed by atoms with Gasteiger partial charge < -0.3 is 9.47 Å². The van der Waals surface area contributed by atoms with Gasteiger partial charge in [-0.15, -0.1) is 0 Å². The first kappa shape index (κ1) is 11.5. The molecular weight excluding hydrogens is 180 g/mol. The van der Waals surface area contributed by atoms with E-state index < -0.39 is 0 Å². The van der Waals surface area contributed by atoms with E-state index in [1.54, 1.807) is 0 Å². The maximum Gasteiger partial charge on any atom is 0.332 e. The molecule has 82 valence electrons. The molecule has 14 heavy (non-hydrogen) atoms. The molecule has 3 heteroatoms. The highest BCUT2D eigenvalue weighted by Crippen LogP contribution is 2.29. The van der Waals surface area contributed by atoms with Gasteiger partial charge >= 0.3 is 5.97 Å². The second-order valence-electron chi connectivity index (χ2n) is 3.91. The van der Waals surface area contributed by atoms with Crippen LogP contribution in [0.25, 0.3) is 0 Å². The van der Waals surface area contributed by atoms with Gasteiger partial charge in [-0.25, -0.2) is 4.79 Å². The van der Waals surface area contributed by atoms with Crippen molar-refractivity contribution in [2.75, 3.05) is 13.7 Å².